The zero-order valence-corrected chi connectivity index (χ0v) is 9.56. The fourth-order valence-corrected chi connectivity index (χ4v) is 1.15. The van der Waals surface area contributed by atoms with Crippen LogP contribution in [0, 0.1) is 11.8 Å². The molecule has 14 heavy (non-hydrogen) atoms. The number of alkyl halides is 1. The van der Waals surface area contributed by atoms with Crippen LogP contribution in [0.4, 0.5) is 0 Å². The molecule has 80 valence electrons. The van der Waals surface area contributed by atoms with Gasteiger partial charge in [0.1, 0.15) is 0 Å². The summed E-state index contributed by atoms with van der Waals surface area (Å²) in [5.74, 6) is 6.00. The van der Waals surface area contributed by atoms with Crippen molar-refractivity contribution in [1.29, 1.82) is 0 Å². The molecule has 0 spiro atoms. The summed E-state index contributed by atoms with van der Waals surface area (Å²) in [4.78, 5) is 11.2. The Morgan fingerprint density at radius 1 is 1.50 bits per heavy atom. The second-order valence-electron chi connectivity index (χ2n) is 2.93. The van der Waals surface area contributed by atoms with Crippen LogP contribution in [-0.4, -0.2) is 18.0 Å². The number of unbranched alkanes of at least 4 members (excludes halogenated alkanes) is 1. The molecule has 0 aliphatic carbocycles. The van der Waals surface area contributed by atoms with E-state index in [1.54, 1.807) is 6.92 Å². The van der Waals surface area contributed by atoms with Crippen LogP contribution < -0.4 is 0 Å². The van der Waals surface area contributed by atoms with Crippen LogP contribution in [0.3, 0.4) is 0 Å². The summed E-state index contributed by atoms with van der Waals surface area (Å²) >= 11 is 5.49. The first-order valence-electron chi connectivity index (χ1n) is 4.92. The lowest BCUT2D eigenvalue weighted by molar-refractivity contribution is -0.146. The maximum Gasteiger partial charge on any atom is 0.307 e. The third kappa shape index (κ3) is 6.80. The van der Waals surface area contributed by atoms with Crippen molar-refractivity contribution in [3.05, 3.63) is 0 Å². The molecule has 0 saturated carbocycles. The largest absolute Gasteiger partial charge is 0.449 e. The van der Waals surface area contributed by atoms with Crippen molar-refractivity contribution in [3.8, 4) is 11.8 Å². The zero-order valence-electron chi connectivity index (χ0n) is 8.81. The third-order valence-electron chi connectivity index (χ3n) is 1.71. The predicted molar refractivity (Wildman–Crippen MR) is 58.2 cm³/mol. The van der Waals surface area contributed by atoms with Crippen molar-refractivity contribution in [2.24, 2.45) is 0 Å². The van der Waals surface area contributed by atoms with Gasteiger partial charge in [0, 0.05) is 12.3 Å². The summed E-state index contributed by atoms with van der Waals surface area (Å²) in [5.41, 5.74) is 0. The standard InChI is InChI=1S/C11H17ClO2/c1-3-7-10(4-2)14-11(13)8-5-6-9-12/h10H,4-6,8-9H2,1-2H3. The number of hydrogen-bond acceptors (Lipinski definition) is 2. The van der Waals surface area contributed by atoms with Gasteiger partial charge >= 0.3 is 5.97 Å². The van der Waals surface area contributed by atoms with Crippen molar-refractivity contribution in [2.75, 3.05) is 5.88 Å². The Bertz CT molecular complexity index is 215. The Kier molecular flexibility index (Phi) is 8.47. The predicted octanol–water partition coefficient (Wildman–Crippen LogP) is 2.74. The molecule has 3 heteroatoms. The summed E-state index contributed by atoms with van der Waals surface area (Å²) in [6.45, 7) is 3.69. The van der Waals surface area contributed by atoms with Crippen molar-refractivity contribution >= 4 is 17.6 Å². The third-order valence-corrected chi connectivity index (χ3v) is 1.98. The van der Waals surface area contributed by atoms with E-state index < -0.39 is 0 Å². The van der Waals surface area contributed by atoms with Crippen LogP contribution in [-0.2, 0) is 9.53 Å². The highest BCUT2D eigenvalue weighted by molar-refractivity contribution is 6.17. The molecule has 0 fully saturated rings. The summed E-state index contributed by atoms with van der Waals surface area (Å²) < 4.78 is 5.13. The number of carbonyl (C=O) groups is 1. The lowest BCUT2D eigenvalue weighted by Crippen LogP contribution is -2.15. The van der Waals surface area contributed by atoms with Gasteiger partial charge in [0.25, 0.3) is 0 Å². The summed E-state index contributed by atoms with van der Waals surface area (Å²) in [6.07, 6.45) is 2.57. The fraction of sp³-hybridized carbons (Fsp3) is 0.727. The smallest absolute Gasteiger partial charge is 0.307 e. The number of halogens is 1. The Balaban J connectivity index is 3.71. The number of ether oxygens (including phenoxy) is 1. The van der Waals surface area contributed by atoms with Gasteiger partial charge in [0.15, 0.2) is 6.10 Å². The normalized spacial score (nSPS) is 11.4. The molecule has 0 aliphatic heterocycles. The van der Waals surface area contributed by atoms with E-state index in [0.29, 0.717) is 12.3 Å². The highest BCUT2D eigenvalue weighted by atomic mass is 35.5. The molecule has 0 amide bonds. The van der Waals surface area contributed by atoms with E-state index in [0.717, 1.165) is 19.3 Å². The van der Waals surface area contributed by atoms with Gasteiger partial charge < -0.3 is 4.74 Å². The van der Waals surface area contributed by atoms with E-state index in [1.165, 1.54) is 0 Å². The van der Waals surface area contributed by atoms with E-state index in [1.807, 2.05) is 6.92 Å². The molecule has 0 aromatic heterocycles. The Morgan fingerprint density at radius 3 is 2.71 bits per heavy atom. The fourth-order valence-electron chi connectivity index (χ4n) is 0.957. The van der Waals surface area contributed by atoms with Gasteiger partial charge in [-0.3, -0.25) is 4.79 Å². The SMILES string of the molecule is CC#CC(CC)OC(=O)CCCCCl. The van der Waals surface area contributed by atoms with E-state index in [-0.39, 0.29) is 12.1 Å². The van der Waals surface area contributed by atoms with Gasteiger partial charge in [-0.1, -0.05) is 12.8 Å². The van der Waals surface area contributed by atoms with Gasteiger partial charge in [-0.2, -0.15) is 0 Å². The molecular formula is C11H17ClO2. The molecule has 1 unspecified atom stereocenters. The first-order valence-corrected chi connectivity index (χ1v) is 5.45. The molecule has 0 aliphatic rings. The number of hydrogen-bond donors (Lipinski definition) is 0. The second kappa shape index (κ2) is 8.90. The first kappa shape index (κ1) is 13.3. The van der Waals surface area contributed by atoms with Crippen molar-refractivity contribution < 1.29 is 9.53 Å². The van der Waals surface area contributed by atoms with Crippen LogP contribution in [0.1, 0.15) is 39.5 Å². The van der Waals surface area contributed by atoms with E-state index in [2.05, 4.69) is 11.8 Å². The van der Waals surface area contributed by atoms with Crippen LogP contribution in [0.5, 0.6) is 0 Å². The molecule has 0 aromatic carbocycles. The zero-order chi connectivity index (χ0) is 10.8. The molecule has 0 heterocycles. The molecule has 0 bridgehead atoms. The van der Waals surface area contributed by atoms with Gasteiger partial charge in [0.2, 0.25) is 0 Å². The minimum absolute atomic E-state index is 0.176. The molecule has 1 atom stereocenters. The van der Waals surface area contributed by atoms with E-state index in [9.17, 15) is 4.79 Å². The van der Waals surface area contributed by atoms with Crippen LogP contribution in [0.2, 0.25) is 0 Å². The van der Waals surface area contributed by atoms with E-state index >= 15 is 0 Å². The monoisotopic (exact) mass is 216 g/mol. The summed E-state index contributed by atoms with van der Waals surface area (Å²) in [5, 5.41) is 0. The Hall–Kier alpha value is -0.680. The maximum absolute atomic E-state index is 11.2. The minimum Gasteiger partial charge on any atom is -0.449 e. The molecule has 0 N–H and O–H groups in total. The highest BCUT2D eigenvalue weighted by Crippen LogP contribution is 2.03. The lowest BCUT2D eigenvalue weighted by atomic mass is 10.2. The van der Waals surface area contributed by atoms with Crippen molar-refractivity contribution in [2.45, 2.75) is 45.6 Å². The molecular weight excluding hydrogens is 200 g/mol. The number of rotatable bonds is 6. The Morgan fingerprint density at radius 2 is 2.21 bits per heavy atom. The molecule has 0 rings (SSSR count). The van der Waals surface area contributed by atoms with Crippen LogP contribution >= 0.6 is 11.6 Å². The quantitative estimate of drug-likeness (QED) is 0.295. The first-order chi connectivity index (χ1) is 6.74. The number of esters is 1. The van der Waals surface area contributed by atoms with Crippen molar-refractivity contribution in [1.82, 2.24) is 0 Å². The topological polar surface area (TPSA) is 26.3 Å². The summed E-state index contributed by atoms with van der Waals surface area (Å²) in [6, 6.07) is 0. The van der Waals surface area contributed by atoms with Crippen LogP contribution in [0.15, 0.2) is 0 Å². The molecule has 0 radical (unpaired) electrons. The molecule has 0 saturated heterocycles. The number of carbonyl (C=O) groups excluding carboxylic acids is 1. The average molecular weight is 217 g/mol. The van der Waals surface area contributed by atoms with Crippen LogP contribution in [0.25, 0.3) is 0 Å². The Labute approximate surface area is 91.0 Å². The molecule has 0 aromatic rings. The second-order valence-corrected chi connectivity index (χ2v) is 3.31. The maximum atomic E-state index is 11.2. The van der Waals surface area contributed by atoms with Crippen molar-refractivity contribution in [3.63, 3.8) is 0 Å². The van der Waals surface area contributed by atoms with Gasteiger partial charge in [0.05, 0.1) is 0 Å². The van der Waals surface area contributed by atoms with E-state index in [4.69, 9.17) is 16.3 Å². The van der Waals surface area contributed by atoms with Gasteiger partial charge in [-0.25, -0.2) is 0 Å². The lowest BCUT2D eigenvalue weighted by Gasteiger charge is -2.09. The summed E-state index contributed by atoms with van der Waals surface area (Å²) in [7, 11) is 0. The van der Waals surface area contributed by atoms with Gasteiger partial charge in [-0.15, -0.1) is 17.5 Å². The average Bonchev–Trinajstić information content (AvgIpc) is 2.17. The minimum atomic E-state index is -0.247. The van der Waals surface area contributed by atoms with Gasteiger partial charge in [-0.05, 0) is 26.2 Å². The highest BCUT2D eigenvalue weighted by Gasteiger charge is 2.08. The molecule has 2 nitrogen and oxygen atoms in total.